The predicted octanol–water partition coefficient (Wildman–Crippen LogP) is 3.16. The minimum Gasteiger partial charge on any atom is -0.228 e. The van der Waals surface area contributed by atoms with Crippen LogP contribution in [-0.4, -0.2) is 19.4 Å². The molecule has 0 saturated carbocycles. The standard InChI is InChI=1S/C15H20O2S/c1-3-5-13-18(16,17)15(4-2)12-11-14-9-7-6-8-10-14/h3-4,6-10,15H,1-2,5,11-13H2. The molecule has 1 aromatic rings. The lowest BCUT2D eigenvalue weighted by molar-refractivity contribution is 0.583. The molecule has 0 aromatic heterocycles. The van der Waals surface area contributed by atoms with Crippen molar-refractivity contribution >= 4 is 9.84 Å². The fourth-order valence-electron chi connectivity index (χ4n) is 1.80. The van der Waals surface area contributed by atoms with Crippen molar-refractivity contribution < 1.29 is 8.42 Å². The minimum absolute atomic E-state index is 0.155. The smallest absolute Gasteiger partial charge is 0.157 e. The van der Waals surface area contributed by atoms with Gasteiger partial charge in [-0.2, -0.15) is 0 Å². The molecule has 0 radical (unpaired) electrons. The largest absolute Gasteiger partial charge is 0.228 e. The zero-order chi connectivity index (χ0) is 13.4. The summed E-state index contributed by atoms with van der Waals surface area (Å²) in [5.41, 5.74) is 1.16. The molecule has 0 aliphatic heterocycles. The Labute approximate surface area is 110 Å². The van der Waals surface area contributed by atoms with Crippen LogP contribution in [0.2, 0.25) is 0 Å². The molecule has 0 spiro atoms. The van der Waals surface area contributed by atoms with Crippen LogP contribution in [0.5, 0.6) is 0 Å². The Morgan fingerprint density at radius 1 is 1.17 bits per heavy atom. The number of allylic oxidation sites excluding steroid dienone is 1. The topological polar surface area (TPSA) is 34.1 Å². The number of aryl methyl sites for hydroxylation is 1. The van der Waals surface area contributed by atoms with Crippen molar-refractivity contribution in [1.82, 2.24) is 0 Å². The first-order valence-corrected chi connectivity index (χ1v) is 7.80. The molecular formula is C15H20O2S. The summed E-state index contributed by atoms with van der Waals surface area (Å²) in [6.45, 7) is 7.19. The van der Waals surface area contributed by atoms with Crippen LogP contribution in [0.1, 0.15) is 18.4 Å². The van der Waals surface area contributed by atoms with Crippen LogP contribution in [0.25, 0.3) is 0 Å². The van der Waals surface area contributed by atoms with E-state index in [9.17, 15) is 8.42 Å². The molecule has 3 heteroatoms. The Kier molecular flexibility index (Phi) is 5.86. The molecule has 0 aliphatic rings. The molecule has 0 fully saturated rings. The Balaban J connectivity index is 2.62. The maximum atomic E-state index is 12.0. The molecule has 2 nitrogen and oxygen atoms in total. The maximum absolute atomic E-state index is 12.0. The summed E-state index contributed by atoms with van der Waals surface area (Å²) in [7, 11) is -3.09. The number of rotatable bonds is 8. The van der Waals surface area contributed by atoms with Gasteiger partial charge in [-0.25, -0.2) is 8.42 Å². The third-order valence-electron chi connectivity index (χ3n) is 2.89. The van der Waals surface area contributed by atoms with Crippen LogP contribution in [0.15, 0.2) is 55.6 Å². The molecule has 0 amide bonds. The first-order chi connectivity index (χ1) is 8.60. The highest BCUT2D eigenvalue weighted by Crippen LogP contribution is 2.14. The quantitative estimate of drug-likeness (QED) is 0.676. The van der Waals surface area contributed by atoms with Gasteiger partial charge in [-0.15, -0.1) is 13.2 Å². The lowest BCUT2D eigenvalue weighted by Gasteiger charge is -2.13. The second-order valence-electron chi connectivity index (χ2n) is 4.24. The molecule has 0 heterocycles. The van der Waals surface area contributed by atoms with Crippen molar-refractivity contribution in [3.8, 4) is 0 Å². The van der Waals surface area contributed by atoms with E-state index in [1.54, 1.807) is 12.2 Å². The number of sulfone groups is 1. The van der Waals surface area contributed by atoms with E-state index in [0.717, 1.165) is 12.0 Å². The highest BCUT2D eigenvalue weighted by Gasteiger charge is 2.21. The third kappa shape index (κ3) is 4.49. The normalized spacial score (nSPS) is 12.9. The number of hydrogen-bond acceptors (Lipinski definition) is 2. The van der Waals surface area contributed by atoms with Crippen LogP contribution < -0.4 is 0 Å². The van der Waals surface area contributed by atoms with Gasteiger partial charge in [0, 0.05) is 0 Å². The summed E-state index contributed by atoms with van der Waals surface area (Å²) >= 11 is 0. The van der Waals surface area contributed by atoms with Gasteiger partial charge < -0.3 is 0 Å². The minimum atomic E-state index is -3.09. The monoisotopic (exact) mass is 264 g/mol. The zero-order valence-electron chi connectivity index (χ0n) is 10.6. The Morgan fingerprint density at radius 2 is 1.83 bits per heavy atom. The van der Waals surface area contributed by atoms with Gasteiger partial charge in [0.25, 0.3) is 0 Å². The lowest BCUT2D eigenvalue weighted by Crippen LogP contribution is -2.22. The van der Waals surface area contributed by atoms with E-state index in [-0.39, 0.29) is 5.75 Å². The Hall–Kier alpha value is -1.35. The highest BCUT2D eigenvalue weighted by atomic mass is 32.2. The van der Waals surface area contributed by atoms with Gasteiger partial charge in [0.05, 0.1) is 11.0 Å². The van der Waals surface area contributed by atoms with Crippen LogP contribution in [-0.2, 0) is 16.3 Å². The molecule has 98 valence electrons. The summed E-state index contributed by atoms with van der Waals surface area (Å²) in [6.07, 6.45) is 5.02. The Bertz CT molecular complexity index is 474. The van der Waals surface area contributed by atoms with E-state index >= 15 is 0 Å². The van der Waals surface area contributed by atoms with E-state index in [2.05, 4.69) is 13.2 Å². The van der Waals surface area contributed by atoms with Crippen molar-refractivity contribution in [2.24, 2.45) is 0 Å². The average Bonchev–Trinajstić information content (AvgIpc) is 2.38. The van der Waals surface area contributed by atoms with E-state index in [1.807, 2.05) is 30.3 Å². The summed E-state index contributed by atoms with van der Waals surface area (Å²) in [5.74, 6) is 0.155. The van der Waals surface area contributed by atoms with Gasteiger partial charge in [-0.1, -0.05) is 42.5 Å². The molecule has 1 aromatic carbocycles. The molecule has 0 aliphatic carbocycles. The third-order valence-corrected chi connectivity index (χ3v) is 5.05. The molecule has 0 bridgehead atoms. The van der Waals surface area contributed by atoms with Crippen LogP contribution in [0, 0.1) is 0 Å². The maximum Gasteiger partial charge on any atom is 0.157 e. The first kappa shape index (κ1) is 14.7. The second kappa shape index (κ2) is 7.17. The van der Waals surface area contributed by atoms with Gasteiger partial charge >= 0.3 is 0 Å². The van der Waals surface area contributed by atoms with Crippen LogP contribution >= 0.6 is 0 Å². The van der Waals surface area contributed by atoms with E-state index < -0.39 is 15.1 Å². The summed E-state index contributed by atoms with van der Waals surface area (Å²) in [5, 5.41) is -0.461. The van der Waals surface area contributed by atoms with Crippen molar-refractivity contribution in [3.63, 3.8) is 0 Å². The van der Waals surface area contributed by atoms with Crippen molar-refractivity contribution in [1.29, 1.82) is 0 Å². The lowest BCUT2D eigenvalue weighted by atomic mass is 10.1. The SMILES string of the molecule is C=CCCS(=O)(=O)C(C=C)CCc1ccccc1. The van der Waals surface area contributed by atoms with Crippen molar-refractivity contribution in [2.75, 3.05) is 5.75 Å². The predicted molar refractivity (Wildman–Crippen MR) is 77.3 cm³/mol. The van der Waals surface area contributed by atoms with Crippen LogP contribution in [0.4, 0.5) is 0 Å². The van der Waals surface area contributed by atoms with Gasteiger partial charge in [0.15, 0.2) is 9.84 Å². The number of hydrogen-bond donors (Lipinski definition) is 0. The van der Waals surface area contributed by atoms with Gasteiger partial charge in [0.1, 0.15) is 0 Å². The fourth-order valence-corrected chi connectivity index (χ4v) is 3.36. The number of benzene rings is 1. The second-order valence-corrected chi connectivity index (χ2v) is 6.58. The average molecular weight is 264 g/mol. The van der Waals surface area contributed by atoms with Gasteiger partial charge in [-0.05, 0) is 24.8 Å². The van der Waals surface area contributed by atoms with Gasteiger partial charge in [0.2, 0.25) is 0 Å². The van der Waals surface area contributed by atoms with Crippen molar-refractivity contribution in [2.45, 2.75) is 24.5 Å². The molecule has 1 atom stereocenters. The summed E-state index contributed by atoms with van der Waals surface area (Å²) in [6, 6.07) is 9.90. The molecular weight excluding hydrogens is 244 g/mol. The molecule has 0 N–H and O–H groups in total. The highest BCUT2D eigenvalue weighted by molar-refractivity contribution is 7.92. The van der Waals surface area contributed by atoms with E-state index in [4.69, 9.17) is 0 Å². The Morgan fingerprint density at radius 3 is 2.39 bits per heavy atom. The molecule has 18 heavy (non-hydrogen) atoms. The van der Waals surface area contributed by atoms with Crippen molar-refractivity contribution in [3.05, 3.63) is 61.2 Å². The molecule has 0 saturated heterocycles. The van der Waals surface area contributed by atoms with Crippen LogP contribution in [0.3, 0.4) is 0 Å². The first-order valence-electron chi connectivity index (χ1n) is 6.09. The van der Waals surface area contributed by atoms with E-state index in [0.29, 0.717) is 12.8 Å². The zero-order valence-corrected chi connectivity index (χ0v) is 11.4. The summed E-state index contributed by atoms with van der Waals surface area (Å²) < 4.78 is 24.0. The molecule has 1 unspecified atom stereocenters. The molecule has 1 rings (SSSR count). The van der Waals surface area contributed by atoms with E-state index in [1.165, 1.54) is 0 Å². The van der Waals surface area contributed by atoms with Gasteiger partial charge in [-0.3, -0.25) is 0 Å². The fraction of sp³-hybridized carbons (Fsp3) is 0.333. The summed E-state index contributed by atoms with van der Waals surface area (Å²) in [4.78, 5) is 0.